The first-order valence-electron chi connectivity index (χ1n) is 5.84. The number of hydrogen-bond acceptors (Lipinski definition) is 3. The zero-order valence-electron chi connectivity index (χ0n) is 10.6. The van der Waals surface area contributed by atoms with Crippen molar-refractivity contribution in [3.05, 3.63) is 17.5 Å². The largest absolute Gasteiger partial charge is 0.478 e. The Kier molecular flexibility index (Phi) is 5.15. The van der Waals surface area contributed by atoms with Crippen LogP contribution in [-0.4, -0.2) is 27.5 Å². The van der Waals surface area contributed by atoms with Crippen molar-refractivity contribution in [3.63, 3.8) is 0 Å². The molecule has 0 aliphatic heterocycles. The fourth-order valence-electron chi connectivity index (χ4n) is 1.58. The van der Waals surface area contributed by atoms with Gasteiger partial charge in [0.2, 0.25) is 0 Å². The van der Waals surface area contributed by atoms with Crippen molar-refractivity contribution in [3.8, 4) is 0 Å². The minimum absolute atomic E-state index is 0.219. The molecule has 0 aromatic carbocycles. The third-order valence-corrected chi connectivity index (χ3v) is 2.60. The Bertz CT molecular complexity index is 372. The Morgan fingerprint density at radius 2 is 2.29 bits per heavy atom. The SMILES string of the molecule is CC(C)CCCOCc1c(C(=O)O)cnn1C. The van der Waals surface area contributed by atoms with Gasteiger partial charge in [-0.05, 0) is 18.8 Å². The van der Waals surface area contributed by atoms with Gasteiger partial charge in [0.15, 0.2) is 0 Å². The van der Waals surface area contributed by atoms with E-state index < -0.39 is 5.97 Å². The summed E-state index contributed by atoms with van der Waals surface area (Å²) < 4.78 is 7.02. The molecule has 0 saturated heterocycles. The van der Waals surface area contributed by atoms with Gasteiger partial charge in [-0.1, -0.05) is 13.8 Å². The maximum atomic E-state index is 10.9. The molecule has 0 spiro atoms. The number of aryl methyl sites for hydroxylation is 1. The molecule has 1 aromatic rings. The highest BCUT2D eigenvalue weighted by atomic mass is 16.5. The van der Waals surface area contributed by atoms with Gasteiger partial charge < -0.3 is 9.84 Å². The molecule has 0 atom stereocenters. The summed E-state index contributed by atoms with van der Waals surface area (Å²) in [6, 6.07) is 0. The number of nitrogens with zero attached hydrogens (tertiary/aromatic N) is 2. The van der Waals surface area contributed by atoms with Crippen LogP contribution in [0.15, 0.2) is 6.20 Å². The molecule has 17 heavy (non-hydrogen) atoms. The van der Waals surface area contributed by atoms with Gasteiger partial charge in [0, 0.05) is 13.7 Å². The fraction of sp³-hybridized carbons (Fsp3) is 0.667. The van der Waals surface area contributed by atoms with Crippen LogP contribution in [0.2, 0.25) is 0 Å². The van der Waals surface area contributed by atoms with Gasteiger partial charge in [-0.15, -0.1) is 0 Å². The Labute approximate surface area is 101 Å². The number of ether oxygens (including phenoxy) is 1. The van der Waals surface area contributed by atoms with Crippen LogP contribution in [-0.2, 0) is 18.4 Å². The summed E-state index contributed by atoms with van der Waals surface area (Å²) in [6.45, 7) is 5.30. The van der Waals surface area contributed by atoms with E-state index in [0.717, 1.165) is 12.8 Å². The third-order valence-electron chi connectivity index (χ3n) is 2.60. The fourth-order valence-corrected chi connectivity index (χ4v) is 1.58. The first-order valence-corrected chi connectivity index (χ1v) is 5.84. The highest BCUT2D eigenvalue weighted by molar-refractivity contribution is 5.88. The second-order valence-electron chi connectivity index (χ2n) is 4.52. The van der Waals surface area contributed by atoms with Crippen LogP contribution in [0, 0.1) is 5.92 Å². The third kappa shape index (κ3) is 4.19. The zero-order chi connectivity index (χ0) is 12.8. The number of aromatic nitrogens is 2. The van der Waals surface area contributed by atoms with Gasteiger partial charge in [-0.2, -0.15) is 5.10 Å². The van der Waals surface area contributed by atoms with Crippen molar-refractivity contribution < 1.29 is 14.6 Å². The second kappa shape index (κ2) is 6.39. The highest BCUT2D eigenvalue weighted by Crippen LogP contribution is 2.10. The summed E-state index contributed by atoms with van der Waals surface area (Å²) in [5.41, 5.74) is 0.832. The van der Waals surface area contributed by atoms with E-state index in [1.54, 1.807) is 11.7 Å². The Morgan fingerprint density at radius 1 is 1.59 bits per heavy atom. The predicted molar refractivity (Wildman–Crippen MR) is 63.9 cm³/mol. The number of carbonyl (C=O) groups is 1. The molecule has 0 unspecified atom stereocenters. The lowest BCUT2D eigenvalue weighted by atomic mass is 10.1. The maximum absolute atomic E-state index is 10.9. The molecular weight excluding hydrogens is 220 g/mol. The average Bonchev–Trinajstić information content (AvgIpc) is 2.59. The topological polar surface area (TPSA) is 64.3 Å². The van der Waals surface area contributed by atoms with Gasteiger partial charge in [0.25, 0.3) is 0 Å². The molecule has 5 nitrogen and oxygen atoms in total. The molecule has 0 aliphatic carbocycles. The van der Waals surface area contributed by atoms with E-state index in [1.165, 1.54) is 6.20 Å². The van der Waals surface area contributed by atoms with Crippen molar-refractivity contribution in [1.82, 2.24) is 9.78 Å². The van der Waals surface area contributed by atoms with E-state index in [-0.39, 0.29) is 5.56 Å². The molecule has 0 radical (unpaired) electrons. The Balaban J connectivity index is 2.41. The highest BCUT2D eigenvalue weighted by Gasteiger charge is 2.14. The van der Waals surface area contributed by atoms with Crippen LogP contribution in [0.3, 0.4) is 0 Å². The van der Waals surface area contributed by atoms with Crippen molar-refractivity contribution in [2.24, 2.45) is 13.0 Å². The summed E-state index contributed by atoms with van der Waals surface area (Å²) in [4.78, 5) is 10.9. The minimum atomic E-state index is -0.959. The van der Waals surface area contributed by atoms with E-state index in [9.17, 15) is 4.79 Å². The first-order chi connectivity index (χ1) is 8.02. The lowest BCUT2D eigenvalue weighted by molar-refractivity contribution is 0.0684. The van der Waals surface area contributed by atoms with Gasteiger partial charge in [-0.3, -0.25) is 4.68 Å². The van der Waals surface area contributed by atoms with Crippen LogP contribution in [0.1, 0.15) is 42.7 Å². The molecule has 1 heterocycles. The van der Waals surface area contributed by atoms with Crippen LogP contribution in [0.25, 0.3) is 0 Å². The van der Waals surface area contributed by atoms with Crippen LogP contribution < -0.4 is 0 Å². The lowest BCUT2D eigenvalue weighted by Gasteiger charge is -2.07. The summed E-state index contributed by atoms with van der Waals surface area (Å²) in [7, 11) is 1.72. The van der Waals surface area contributed by atoms with Crippen molar-refractivity contribution >= 4 is 5.97 Å². The number of carboxylic acid groups (broad SMARTS) is 1. The average molecular weight is 240 g/mol. The maximum Gasteiger partial charge on any atom is 0.339 e. The van der Waals surface area contributed by atoms with Crippen molar-refractivity contribution in [2.45, 2.75) is 33.3 Å². The monoisotopic (exact) mass is 240 g/mol. The summed E-state index contributed by atoms with van der Waals surface area (Å²) in [5.74, 6) is -0.288. The van der Waals surface area contributed by atoms with E-state index >= 15 is 0 Å². The van der Waals surface area contributed by atoms with Gasteiger partial charge >= 0.3 is 5.97 Å². The molecule has 0 aliphatic rings. The lowest BCUT2D eigenvalue weighted by Crippen LogP contribution is -2.07. The van der Waals surface area contributed by atoms with Crippen LogP contribution in [0.4, 0.5) is 0 Å². The molecule has 0 amide bonds. The van der Waals surface area contributed by atoms with Crippen molar-refractivity contribution in [1.29, 1.82) is 0 Å². The molecule has 1 rings (SSSR count). The number of carboxylic acids is 1. The minimum Gasteiger partial charge on any atom is -0.478 e. The van der Waals surface area contributed by atoms with E-state index in [1.807, 2.05) is 0 Å². The normalized spacial score (nSPS) is 11.1. The van der Waals surface area contributed by atoms with E-state index in [2.05, 4.69) is 18.9 Å². The Morgan fingerprint density at radius 3 is 2.88 bits per heavy atom. The van der Waals surface area contributed by atoms with Gasteiger partial charge in [0.05, 0.1) is 18.5 Å². The molecular formula is C12H20N2O3. The molecule has 5 heteroatoms. The summed E-state index contributed by atoms with van der Waals surface area (Å²) in [5, 5.41) is 12.9. The summed E-state index contributed by atoms with van der Waals surface area (Å²) in [6.07, 6.45) is 3.48. The zero-order valence-corrected chi connectivity index (χ0v) is 10.6. The molecule has 1 N–H and O–H groups in total. The van der Waals surface area contributed by atoms with Crippen molar-refractivity contribution in [2.75, 3.05) is 6.61 Å². The molecule has 96 valence electrons. The summed E-state index contributed by atoms with van der Waals surface area (Å²) >= 11 is 0. The van der Waals surface area contributed by atoms with Gasteiger partial charge in [-0.25, -0.2) is 4.79 Å². The smallest absolute Gasteiger partial charge is 0.339 e. The number of aromatic carboxylic acids is 1. The first kappa shape index (κ1) is 13.7. The molecule has 0 bridgehead atoms. The molecule has 0 fully saturated rings. The molecule has 1 aromatic heterocycles. The van der Waals surface area contributed by atoms with Gasteiger partial charge in [0.1, 0.15) is 5.56 Å². The molecule has 0 saturated carbocycles. The second-order valence-corrected chi connectivity index (χ2v) is 4.52. The van der Waals surface area contributed by atoms with E-state index in [4.69, 9.17) is 9.84 Å². The standard InChI is InChI=1S/C12H20N2O3/c1-9(2)5-4-6-17-8-11-10(12(15)16)7-13-14(11)3/h7,9H,4-6,8H2,1-3H3,(H,15,16). The van der Waals surface area contributed by atoms with E-state index in [0.29, 0.717) is 24.8 Å². The number of rotatable bonds is 7. The predicted octanol–water partition coefficient (Wildman–Crippen LogP) is 2.07. The van der Waals surface area contributed by atoms with Crippen LogP contribution >= 0.6 is 0 Å². The number of hydrogen-bond donors (Lipinski definition) is 1. The quantitative estimate of drug-likeness (QED) is 0.741. The van der Waals surface area contributed by atoms with Crippen LogP contribution in [0.5, 0.6) is 0 Å². The Hall–Kier alpha value is -1.36.